The second-order valence-electron chi connectivity index (χ2n) is 5.39. The Kier molecular flexibility index (Phi) is 5.22. The highest BCUT2D eigenvalue weighted by molar-refractivity contribution is 4.87. The van der Waals surface area contributed by atoms with Crippen molar-refractivity contribution in [2.24, 2.45) is 0 Å². The summed E-state index contributed by atoms with van der Waals surface area (Å²) in [6.07, 6.45) is 1.19. The van der Waals surface area contributed by atoms with Gasteiger partial charge in [-0.15, -0.1) is 0 Å². The van der Waals surface area contributed by atoms with E-state index in [1.54, 1.807) is 0 Å². The van der Waals surface area contributed by atoms with Gasteiger partial charge in [-0.2, -0.15) is 0 Å². The van der Waals surface area contributed by atoms with E-state index in [0.29, 0.717) is 12.1 Å². The Morgan fingerprint density at radius 1 is 1.38 bits per heavy atom. The van der Waals surface area contributed by atoms with Crippen LogP contribution in [0.15, 0.2) is 0 Å². The lowest BCUT2D eigenvalue weighted by Gasteiger charge is -2.43. The molecule has 0 amide bonds. The number of likely N-dealkylation sites (N-methyl/N-ethyl adjacent to an activating group) is 1. The average molecular weight is 228 g/mol. The minimum atomic E-state index is 0.0109. The maximum atomic E-state index is 5.76. The summed E-state index contributed by atoms with van der Waals surface area (Å²) in [6.45, 7) is 15.1. The highest BCUT2D eigenvalue weighted by Gasteiger charge is 2.31. The summed E-state index contributed by atoms with van der Waals surface area (Å²) in [5, 5.41) is 3.57. The third-order valence-electron chi connectivity index (χ3n) is 3.52. The molecule has 0 saturated carbocycles. The van der Waals surface area contributed by atoms with Gasteiger partial charge < -0.3 is 10.1 Å². The van der Waals surface area contributed by atoms with E-state index in [9.17, 15) is 0 Å². The molecular weight excluding hydrogens is 200 g/mol. The monoisotopic (exact) mass is 228 g/mol. The van der Waals surface area contributed by atoms with Crippen LogP contribution in [0.1, 0.15) is 41.0 Å². The van der Waals surface area contributed by atoms with Crippen molar-refractivity contribution in [2.45, 2.75) is 58.7 Å². The Bertz CT molecular complexity index is 206. The van der Waals surface area contributed by atoms with Gasteiger partial charge in [-0.05, 0) is 33.7 Å². The third kappa shape index (κ3) is 3.72. The molecule has 0 spiro atoms. The molecule has 96 valence electrons. The molecule has 1 aliphatic rings. The van der Waals surface area contributed by atoms with Crippen LogP contribution in [0.4, 0.5) is 0 Å². The minimum Gasteiger partial charge on any atom is -0.373 e. The molecule has 2 atom stereocenters. The Balaban J connectivity index is 2.54. The Labute approximate surface area is 101 Å². The number of rotatable bonds is 5. The van der Waals surface area contributed by atoms with Crippen LogP contribution in [0.2, 0.25) is 0 Å². The van der Waals surface area contributed by atoms with Crippen LogP contribution in [-0.2, 0) is 4.74 Å². The van der Waals surface area contributed by atoms with Crippen LogP contribution in [0.25, 0.3) is 0 Å². The SMILES string of the molecule is CCNC(CC)C(C)N1CCOC(C)(C)C1. The molecule has 0 aromatic rings. The molecule has 0 aliphatic carbocycles. The zero-order valence-corrected chi connectivity index (χ0v) is 11.5. The molecule has 0 aromatic carbocycles. The molecule has 0 radical (unpaired) electrons. The van der Waals surface area contributed by atoms with Crippen LogP contribution in [-0.4, -0.2) is 48.8 Å². The summed E-state index contributed by atoms with van der Waals surface area (Å²) in [4.78, 5) is 2.56. The van der Waals surface area contributed by atoms with Gasteiger partial charge in [0.05, 0.1) is 12.2 Å². The normalized spacial score (nSPS) is 25.3. The second kappa shape index (κ2) is 5.99. The highest BCUT2D eigenvalue weighted by Crippen LogP contribution is 2.20. The Morgan fingerprint density at radius 2 is 2.06 bits per heavy atom. The summed E-state index contributed by atoms with van der Waals surface area (Å²) in [6, 6.07) is 1.19. The minimum absolute atomic E-state index is 0.0109. The predicted octanol–water partition coefficient (Wildman–Crippen LogP) is 1.87. The van der Waals surface area contributed by atoms with Gasteiger partial charge in [-0.1, -0.05) is 13.8 Å². The molecule has 0 bridgehead atoms. The average Bonchev–Trinajstić information content (AvgIpc) is 2.23. The number of hydrogen-bond donors (Lipinski definition) is 1. The fraction of sp³-hybridized carbons (Fsp3) is 1.00. The molecule has 3 nitrogen and oxygen atoms in total. The van der Waals surface area contributed by atoms with Gasteiger partial charge in [0.15, 0.2) is 0 Å². The summed E-state index contributed by atoms with van der Waals surface area (Å²) in [5.41, 5.74) is 0.0109. The van der Waals surface area contributed by atoms with Crippen molar-refractivity contribution in [3.8, 4) is 0 Å². The van der Waals surface area contributed by atoms with Crippen molar-refractivity contribution < 1.29 is 4.74 Å². The van der Waals surface area contributed by atoms with E-state index in [2.05, 4.69) is 44.8 Å². The van der Waals surface area contributed by atoms with E-state index in [1.807, 2.05) is 0 Å². The molecule has 0 aromatic heterocycles. The molecule has 1 saturated heterocycles. The number of hydrogen-bond acceptors (Lipinski definition) is 3. The predicted molar refractivity (Wildman–Crippen MR) is 68.8 cm³/mol. The summed E-state index contributed by atoms with van der Waals surface area (Å²) < 4.78 is 5.76. The molecule has 3 heteroatoms. The van der Waals surface area contributed by atoms with Gasteiger partial charge in [0.25, 0.3) is 0 Å². The van der Waals surface area contributed by atoms with Crippen molar-refractivity contribution in [3.63, 3.8) is 0 Å². The van der Waals surface area contributed by atoms with Crippen LogP contribution in [0, 0.1) is 0 Å². The topological polar surface area (TPSA) is 24.5 Å². The maximum Gasteiger partial charge on any atom is 0.0753 e. The van der Waals surface area contributed by atoms with E-state index in [-0.39, 0.29) is 5.60 Å². The standard InChI is InChI=1S/C13H28N2O/c1-6-12(14-7-2)11(3)15-8-9-16-13(4,5)10-15/h11-12,14H,6-10H2,1-5H3. The van der Waals surface area contributed by atoms with E-state index < -0.39 is 0 Å². The van der Waals surface area contributed by atoms with Gasteiger partial charge >= 0.3 is 0 Å². The number of morpholine rings is 1. The quantitative estimate of drug-likeness (QED) is 0.777. The highest BCUT2D eigenvalue weighted by atomic mass is 16.5. The fourth-order valence-electron chi connectivity index (χ4n) is 2.57. The van der Waals surface area contributed by atoms with Gasteiger partial charge in [0.2, 0.25) is 0 Å². The number of ether oxygens (including phenoxy) is 1. The molecule has 2 unspecified atom stereocenters. The Hall–Kier alpha value is -0.120. The lowest BCUT2D eigenvalue weighted by Crippen LogP contribution is -2.56. The molecule has 16 heavy (non-hydrogen) atoms. The van der Waals surface area contributed by atoms with Crippen molar-refractivity contribution in [3.05, 3.63) is 0 Å². The van der Waals surface area contributed by atoms with Crippen LogP contribution in [0.3, 0.4) is 0 Å². The fourth-order valence-corrected chi connectivity index (χ4v) is 2.57. The molecule has 1 rings (SSSR count). The first-order chi connectivity index (χ1) is 7.50. The van der Waals surface area contributed by atoms with E-state index in [4.69, 9.17) is 4.74 Å². The largest absolute Gasteiger partial charge is 0.373 e. The van der Waals surface area contributed by atoms with Crippen molar-refractivity contribution in [2.75, 3.05) is 26.2 Å². The summed E-state index contributed by atoms with van der Waals surface area (Å²) in [7, 11) is 0. The molecule has 1 fully saturated rings. The van der Waals surface area contributed by atoms with Crippen molar-refractivity contribution in [1.29, 1.82) is 0 Å². The molecule has 1 N–H and O–H groups in total. The number of nitrogens with one attached hydrogen (secondary N) is 1. The number of nitrogens with zero attached hydrogens (tertiary/aromatic N) is 1. The van der Waals surface area contributed by atoms with Crippen molar-refractivity contribution in [1.82, 2.24) is 10.2 Å². The lowest BCUT2D eigenvalue weighted by atomic mass is 10.0. The summed E-state index contributed by atoms with van der Waals surface area (Å²) in [5.74, 6) is 0. The zero-order chi connectivity index (χ0) is 12.2. The third-order valence-corrected chi connectivity index (χ3v) is 3.52. The van der Waals surface area contributed by atoms with Gasteiger partial charge in [0.1, 0.15) is 0 Å². The lowest BCUT2D eigenvalue weighted by molar-refractivity contribution is -0.0985. The smallest absolute Gasteiger partial charge is 0.0753 e. The van der Waals surface area contributed by atoms with E-state index in [0.717, 1.165) is 26.2 Å². The maximum absolute atomic E-state index is 5.76. The van der Waals surface area contributed by atoms with Crippen LogP contribution < -0.4 is 5.32 Å². The Morgan fingerprint density at radius 3 is 2.56 bits per heavy atom. The first kappa shape index (κ1) is 13.9. The molecule has 1 aliphatic heterocycles. The van der Waals surface area contributed by atoms with Gasteiger partial charge in [-0.25, -0.2) is 0 Å². The van der Waals surface area contributed by atoms with Gasteiger partial charge in [-0.3, -0.25) is 4.90 Å². The van der Waals surface area contributed by atoms with Crippen LogP contribution >= 0.6 is 0 Å². The van der Waals surface area contributed by atoms with Crippen molar-refractivity contribution >= 4 is 0 Å². The molecular formula is C13H28N2O. The van der Waals surface area contributed by atoms with Gasteiger partial charge in [0, 0.05) is 25.2 Å². The molecule has 1 heterocycles. The first-order valence-corrected chi connectivity index (χ1v) is 6.61. The zero-order valence-electron chi connectivity index (χ0n) is 11.5. The first-order valence-electron chi connectivity index (χ1n) is 6.61. The van der Waals surface area contributed by atoms with E-state index in [1.165, 1.54) is 6.42 Å². The van der Waals surface area contributed by atoms with E-state index >= 15 is 0 Å². The van der Waals surface area contributed by atoms with Crippen LogP contribution in [0.5, 0.6) is 0 Å². The second-order valence-corrected chi connectivity index (χ2v) is 5.39. The summed E-state index contributed by atoms with van der Waals surface area (Å²) >= 11 is 0.